The highest BCUT2D eigenvalue weighted by molar-refractivity contribution is 7.99. The van der Waals surface area contributed by atoms with E-state index in [0.717, 1.165) is 0 Å². The maximum atomic E-state index is 11.2. The van der Waals surface area contributed by atoms with Crippen molar-refractivity contribution in [1.82, 2.24) is 5.32 Å². The predicted molar refractivity (Wildman–Crippen MR) is 52.1 cm³/mol. The van der Waals surface area contributed by atoms with Gasteiger partial charge in [-0.25, -0.2) is 0 Å². The second kappa shape index (κ2) is 4.72. The van der Waals surface area contributed by atoms with Crippen molar-refractivity contribution in [2.45, 2.75) is 18.9 Å². The molecule has 0 heterocycles. The summed E-state index contributed by atoms with van der Waals surface area (Å²) in [7, 11) is 0. The quantitative estimate of drug-likeness (QED) is 0.648. The summed E-state index contributed by atoms with van der Waals surface area (Å²) >= 11 is 1.54. The lowest BCUT2D eigenvalue weighted by Gasteiger charge is -2.15. The van der Waals surface area contributed by atoms with Crippen LogP contribution in [0.25, 0.3) is 0 Å². The molecule has 1 aliphatic carbocycles. The van der Waals surface area contributed by atoms with E-state index >= 15 is 0 Å². The minimum Gasteiger partial charge on any atom is -0.351 e. The molecule has 1 amide bonds. The van der Waals surface area contributed by atoms with Crippen molar-refractivity contribution in [3.8, 4) is 0 Å². The minimum absolute atomic E-state index is 0.116. The summed E-state index contributed by atoms with van der Waals surface area (Å²) in [5, 5.41) is 2.94. The predicted octanol–water partition coefficient (Wildman–Crippen LogP) is 0.203. The van der Waals surface area contributed by atoms with Crippen LogP contribution >= 0.6 is 11.8 Å². The lowest BCUT2D eigenvalue weighted by atomic mass is 10.2. The molecule has 1 fully saturated rings. The van der Waals surface area contributed by atoms with Gasteiger partial charge < -0.3 is 11.1 Å². The van der Waals surface area contributed by atoms with Gasteiger partial charge >= 0.3 is 0 Å². The molecule has 0 saturated heterocycles. The maximum Gasteiger partial charge on any atom is 0.230 e. The van der Waals surface area contributed by atoms with Crippen LogP contribution in [0.4, 0.5) is 0 Å². The zero-order valence-electron chi connectivity index (χ0n) is 7.38. The average Bonchev–Trinajstić information content (AvgIpc) is 2.83. The summed E-state index contributed by atoms with van der Waals surface area (Å²) in [6, 6.07) is 0.227. The number of amides is 1. The van der Waals surface area contributed by atoms with E-state index in [1.807, 2.05) is 6.26 Å². The van der Waals surface area contributed by atoms with Crippen LogP contribution in [0.1, 0.15) is 12.8 Å². The van der Waals surface area contributed by atoms with E-state index in [4.69, 9.17) is 5.73 Å². The first-order chi connectivity index (χ1) is 5.77. The number of carbonyl (C=O) groups is 1. The SMILES string of the molecule is CSCC(=O)NC(CN)C1CC1. The summed E-state index contributed by atoms with van der Waals surface area (Å²) in [5.74, 6) is 1.31. The van der Waals surface area contributed by atoms with Crippen LogP contribution in [0.5, 0.6) is 0 Å². The summed E-state index contributed by atoms with van der Waals surface area (Å²) < 4.78 is 0. The molecule has 1 rings (SSSR count). The lowest BCUT2D eigenvalue weighted by Crippen LogP contribution is -2.42. The number of nitrogens with one attached hydrogen (secondary N) is 1. The number of hydrogen-bond donors (Lipinski definition) is 2. The third-order valence-corrected chi connectivity index (χ3v) is 2.62. The lowest BCUT2D eigenvalue weighted by molar-refractivity contribution is -0.119. The van der Waals surface area contributed by atoms with Crippen molar-refractivity contribution in [1.29, 1.82) is 0 Å². The van der Waals surface area contributed by atoms with Gasteiger partial charge in [0, 0.05) is 12.6 Å². The Morgan fingerprint density at radius 1 is 1.75 bits per heavy atom. The maximum absolute atomic E-state index is 11.2. The van der Waals surface area contributed by atoms with Gasteiger partial charge in [0.05, 0.1) is 5.75 Å². The van der Waals surface area contributed by atoms with Gasteiger partial charge in [-0.3, -0.25) is 4.79 Å². The number of thioether (sulfide) groups is 1. The first-order valence-corrected chi connectivity index (χ1v) is 5.65. The highest BCUT2D eigenvalue weighted by Gasteiger charge is 2.30. The zero-order valence-corrected chi connectivity index (χ0v) is 8.19. The van der Waals surface area contributed by atoms with E-state index in [-0.39, 0.29) is 11.9 Å². The summed E-state index contributed by atoms with van der Waals surface area (Å²) in [5.41, 5.74) is 5.54. The largest absolute Gasteiger partial charge is 0.351 e. The second-order valence-electron chi connectivity index (χ2n) is 3.18. The molecule has 0 radical (unpaired) electrons. The summed E-state index contributed by atoms with van der Waals surface area (Å²) in [6.45, 7) is 0.574. The van der Waals surface area contributed by atoms with Gasteiger partial charge in [0.25, 0.3) is 0 Å². The Balaban J connectivity index is 2.21. The smallest absolute Gasteiger partial charge is 0.230 e. The van der Waals surface area contributed by atoms with Gasteiger partial charge in [0.2, 0.25) is 5.91 Å². The average molecular weight is 188 g/mol. The van der Waals surface area contributed by atoms with Crippen molar-refractivity contribution in [3.05, 3.63) is 0 Å². The van der Waals surface area contributed by atoms with Crippen LogP contribution in [0, 0.1) is 5.92 Å². The third kappa shape index (κ3) is 3.03. The van der Waals surface area contributed by atoms with Gasteiger partial charge in [0.15, 0.2) is 0 Å². The topological polar surface area (TPSA) is 55.1 Å². The number of rotatable bonds is 5. The molecule has 0 aromatic carbocycles. The van der Waals surface area contributed by atoms with Crippen molar-refractivity contribution in [3.63, 3.8) is 0 Å². The van der Waals surface area contributed by atoms with Gasteiger partial charge in [-0.1, -0.05) is 0 Å². The van der Waals surface area contributed by atoms with Gasteiger partial charge in [-0.05, 0) is 25.0 Å². The highest BCUT2D eigenvalue weighted by atomic mass is 32.2. The van der Waals surface area contributed by atoms with Gasteiger partial charge in [-0.15, -0.1) is 0 Å². The zero-order chi connectivity index (χ0) is 8.97. The summed E-state index contributed by atoms with van der Waals surface area (Å²) in [6.07, 6.45) is 4.37. The van der Waals surface area contributed by atoms with E-state index in [1.165, 1.54) is 12.8 Å². The molecule has 0 aliphatic heterocycles. The van der Waals surface area contributed by atoms with Crippen LogP contribution in [-0.2, 0) is 4.79 Å². The van der Waals surface area contributed by atoms with E-state index in [9.17, 15) is 4.79 Å². The first-order valence-electron chi connectivity index (χ1n) is 4.26. The second-order valence-corrected chi connectivity index (χ2v) is 4.05. The Morgan fingerprint density at radius 2 is 2.42 bits per heavy atom. The molecule has 70 valence electrons. The molecule has 1 saturated carbocycles. The molecular weight excluding hydrogens is 172 g/mol. The molecule has 1 aliphatic rings. The first kappa shape index (κ1) is 9.86. The van der Waals surface area contributed by atoms with E-state index in [2.05, 4.69) is 5.32 Å². The Labute approximate surface area is 77.5 Å². The van der Waals surface area contributed by atoms with Crippen molar-refractivity contribution in [2.75, 3.05) is 18.6 Å². The minimum atomic E-state index is 0.116. The van der Waals surface area contributed by atoms with E-state index in [1.54, 1.807) is 11.8 Å². The molecule has 12 heavy (non-hydrogen) atoms. The molecule has 0 aromatic rings. The fourth-order valence-corrected chi connectivity index (χ4v) is 1.59. The highest BCUT2D eigenvalue weighted by Crippen LogP contribution is 2.32. The van der Waals surface area contributed by atoms with E-state index in [0.29, 0.717) is 18.2 Å². The molecule has 0 spiro atoms. The van der Waals surface area contributed by atoms with Crippen LogP contribution < -0.4 is 11.1 Å². The van der Waals surface area contributed by atoms with Crippen LogP contribution in [0.3, 0.4) is 0 Å². The molecule has 1 atom stereocenters. The third-order valence-electron chi connectivity index (χ3n) is 2.07. The van der Waals surface area contributed by atoms with E-state index < -0.39 is 0 Å². The molecule has 1 unspecified atom stereocenters. The summed E-state index contributed by atoms with van der Waals surface area (Å²) in [4.78, 5) is 11.2. The van der Waals surface area contributed by atoms with Gasteiger partial charge in [0.1, 0.15) is 0 Å². The van der Waals surface area contributed by atoms with Crippen LogP contribution in [-0.4, -0.2) is 30.5 Å². The normalized spacial score (nSPS) is 18.8. The standard InChI is InChI=1S/C8H16N2OS/c1-12-5-8(11)10-7(4-9)6-2-3-6/h6-7H,2-5,9H2,1H3,(H,10,11). The molecule has 4 heteroatoms. The molecule has 3 N–H and O–H groups in total. The Hall–Kier alpha value is -0.220. The van der Waals surface area contributed by atoms with Crippen molar-refractivity contribution < 1.29 is 4.79 Å². The van der Waals surface area contributed by atoms with Crippen molar-refractivity contribution in [2.24, 2.45) is 11.7 Å². The molecular formula is C8H16N2OS. The molecule has 0 bridgehead atoms. The fourth-order valence-electron chi connectivity index (χ4n) is 1.25. The Morgan fingerprint density at radius 3 is 2.83 bits per heavy atom. The molecule has 0 aromatic heterocycles. The van der Waals surface area contributed by atoms with Crippen LogP contribution in [0.15, 0.2) is 0 Å². The number of nitrogens with two attached hydrogens (primary N) is 1. The van der Waals surface area contributed by atoms with Crippen molar-refractivity contribution >= 4 is 17.7 Å². The Bertz CT molecular complexity index is 159. The molecule has 3 nitrogen and oxygen atoms in total. The van der Waals surface area contributed by atoms with Gasteiger partial charge in [-0.2, -0.15) is 11.8 Å². The Kier molecular flexibility index (Phi) is 3.88. The monoisotopic (exact) mass is 188 g/mol. The van der Waals surface area contributed by atoms with Crippen LogP contribution in [0.2, 0.25) is 0 Å². The number of carbonyl (C=O) groups excluding carboxylic acids is 1. The number of hydrogen-bond acceptors (Lipinski definition) is 3. The fraction of sp³-hybridized carbons (Fsp3) is 0.875.